The number of anilines is 1. The summed E-state index contributed by atoms with van der Waals surface area (Å²) in [4.78, 5) is 15.2. The Kier molecular flexibility index (Phi) is 4.61. The molecule has 7 heteroatoms. The second-order valence-electron chi connectivity index (χ2n) is 5.55. The van der Waals surface area contributed by atoms with E-state index in [9.17, 15) is 10.2 Å². The smallest absolute Gasteiger partial charge is 0.165 e. The highest BCUT2D eigenvalue weighted by atomic mass is 16.3. The molecule has 0 saturated carbocycles. The zero-order valence-corrected chi connectivity index (χ0v) is 13.8. The lowest BCUT2D eigenvalue weighted by atomic mass is 10.1. The van der Waals surface area contributed by atoms with E-state index in [1.54, 1.807) is 30.6 Å². The van der Waals surface area contributed by atoms with Gasteiger partial charge in [0.15, 0.2) is 17.0 Å². The van der Waals surface area contributed by atoms with E-state index in [0.717, 1.165) is 30.0 Å². The van der Waals surface area contributed by atoms with Crippen molar-refractivity contribution in [2.75, 3.05) is 18.0 Å². The lowest BCUT2D eigenvalue weighted by Gasteiger charge is -2.19. The second kappa shape index (κ2) is 6.84. The first kappa shape index (κ1) is 16.2. The van der Waals surface area contributed by atoms with Gasteiger partial charge in [-0.2, -0.15) is 0 Å². The van der Waals surface area contributed by atoms with Crippen LogP contribution in [-0.4, -0.2) is 42.8 Å². The summed E-state index contributed by atoms with van der Waals surface area (Å²) in [5.41, 5.74) is 2.16. The van der Waals surface area contributed by atoms with Crippen LogP contribution in [-0.2, 0) is 6.54 Å². The molecule has 0 spiro atoms. The van der Waals surface area contributed by atoms with Crippen molar-refractivity contribution in [1.82, 2.24) is 19.5 Å². The molecule has 2 heterocycles. The van der Waals surface area contributed by atoms with Crippen LogP contribution in [0.5, 0.6) is 5.75 Å². The number of aromatic nitrogens is 4. The molecule has 126 valence electrons. The number of rotatable bonds is 6. The van der Waals surface area contributed by atoms with Gasteiger partial charge in [-0.15, -0.1) is 0 Å². The average molecular weight is 327 g/mol. The molecule has 2 N–H and O–H groups in total. The molecule has 0 bridgehead atoms. The topological polar surface area (TPSA) is 87.3 Å². The van der Waals surface area contributed by atoms with Gasteiger partial charge in [0.05, 0.1) is 19.0 Å². The molecule has 0 saturated heterocycles. The van der Waals surface area contributed by atoms with Crippen LogP contribution in [0.2, 0.25) is 0 Å². The molecule has 24 heavy (non-hydrogen) atoms. The molecule has 2 aromatic heterocycles. The summed E-state index contributed by atoms with van der Waals surface area (Å²) in [7, 11) is 0. The Hall–Kier alpha value is -2.67. The van der Waals surface area contributed by atoms with Gasteiger partial charge >= 0.3 is 0 Å². The molecule has 7 nitrogen and oxygen atoms in total. The number of fused-ring (bicyclic) bond motifs is 1. The number of hydrogen-bond donors (Lipinski definition) is 2. The summed E-state index contributed by atoms with van der Waals surface area (Å²) >= 11 is 0. The van der Waals surface area contributed by atoms with E-state index >= 15 is 0 Å². The highest BCUT2D eigenvalue weighted by molar-refractivity contribution is 5.83. The summed E-state index contributed by atoms with van der Waals surface area (Å²) < 4.78 is 1.82. The molecule has 3 aromatic rings. The maximum absolute atomic E-state index is 10.4. The summed E-state index contributed by atoms with van der Waals surface area (Å²) in [6.45, 7) is 6.15. The number of imidazole rings is 1. The third-order valence-corrected chi connectivity index (χ3v) is 4.09. The molecule has 1 aromatic carbocycles. The van der Waals surface area contributed by atoms with Gasteiger partial charge < -0.3 is 19.7 Å². The van der Waals surface area contributed by atoms with Gasteiger partial charge in [0.25, 0.3) is 0 Å². The van der Waals surface area contributed by atoms with Crippen molar-refractivity contribution in [2.45, 2.75) is 26.5 Å². The highest BCUT2D eigenvalue weighted by Crippen LogP contribution is 2.24. The molecule has 3 rings (SSSR count). The fourth-order valence-corrected chi connectivity index (χ4v) is 2.74. The van der Waals surface area contributed by atoms with Gasteiger partial charge in [-0.1, -0.05) is 12.1 Å². The van der Waals surface area contributed by atoms with Crippen LogP contribution in [0.15, 0.2) is 36.9 Å². The normalized spacial score (nSPS) is 12.5. The molecule has 0 amide bonds. The number of aliphatic hydroxyl groups excluding tert-OH is 1. The molecular weight excluding hydrogens is 306 g/mol. The van der Waals surface area contributed by atoms with Gasteiger partial charge in [-0.3, -0.25) is 0 Å². The Morgan fingerprint density at radius 3 is 2.46 bits per heavy atom. The third-order valence-electron chi connectivity index (χ3n) is 4.09. The number of phenols is 1. The van der Waals surface area contributed by atoms with Crippen LogP contribution in [0.25, 0.3) is 11.2 Å². The Morgan fingerprint density at radius 1 is 1.08 bits per heavy atom. The Bertz CT molecular complexity index is 811. The van der Waals surface area contributed by atoms with Crippen molar-refractivity contribution >= 4 is 17.0 Å². The molecule has 0 aliphatic heterocycles. The lowest BCUT2D eigenvalue weighted by Crippen LogP contribution is -2.23. The first-order valence-electron chi connectivity index (χ1n) is 8.01. The van der Waals surface area contributed by atoms with Gasteiger partial charge in [0.2, 0.25) is 0 Å². The van der Waals surface area contributed by atoms with Crippen molar-refractivity contribution in [2.24, 2.45) is 0 Å². The second-order valence-corrected chi connectivity index (χ2v) is 5.55. The molecule has 1 atom stereocenters. The van der Waals surface area contributed by atoms with E-state index < -0.39 is 6.10 Å². The number of benzene rings is 1. The van der Waals surface area contributed by atoms with E-state index in [-0.39, 0.29) is 5.75 Å². The van der Waals surface area contributed by atoms with Crippen molar-refractivity contribution in [3.05, 3.63) is 42.5 Å². The Morgan fingerprint density at radius 2 is 1.79 bits per heavy atom. The predicted octanol–water partition coefficient (Wildman–Crippen LogP) is 2.11. The molecule has 1 unspecified atom stereocenters. The first-order chi connectivity index (χ1) is 11.6. The van der Waals surface area contributed by atoms with Crippen molar-refractivity contribution in [1.29, 1.82) is 0 Å². The molecule has 0 aliphatic carbocycles. The zero-order chi connectivity index (χ0) is 17.1. The van der Waals surface area contributed by atoms with Crippen molar-refractivity contribution in [3.63, 3.8) is 0 Å². The summed E-state index contributed by atoms with van der Waals surface area (Å²) in [5, 5.41) is 19.8. The molecule has 0 radical (unpaired) electrons. The van der Waals surface area contributed by atoms with Crippen LogP contribution in [0, 0.1) is 0 Å². The summed E-state index contributed by atoms with van der Waals surface area (Å²) in [5.74, 6) is 0.985. The number of nitrogens with zero attached hydrogens (tertiary/aromatic N) is 5. The maximum Gasteiger partial charge on any atom is 0.165 e. The van der Waals surface area contributed by atoms with Crippen molar-refractivity contribution in [3.8, 4) is 5.75 Å². The third kappa shape index (κ3) is 3.03. The van der Waals surface area contributed by atoms with Gasteiger partial charge in [-0.05, 0) is 31.5 Å². The van der Waals surface area contributed by atoms with E-state index in [1.165, 1.54) is 6.33 Å². The first-order valence-corrected chi connectivity index (χ1v) is 8.01. The minimum Gasteiger partial charge on any atom is -0.508 e. The Labute approximate surface area is 140 Å². The van der Waals surface area contributed by atoms with E-state index in [2.05, 4.69) is 33.7 Å². The number of phenolic OH excluding ortho intramolecular Hbond substituents is 1. The fraction of sp³-hybridized carbons (Fsp3) is 0.353. The lowest BCUT2D eigenvalue weighted by molar-refractivity contribution is 0.157. The summed E-state index contributed by atoms with van der Waals surface area (Å²) in [6.07, 6.45) is 2.49. The van der Waals surface area contributed by atoms with E-state index in [1.807, 2.05) is 4.57 Å². The fourth-order valence-electron chi connectivity index (χ4n) is 2.74. The van der Waals surface area contributed by atoms with E-state index in [0.29, 0.717) is 12.2 Å². The minimum absolute atomic E-state index is 0.177. The van der Waals surface area contributed by atoms with Crippen LogP contribution in [0.1, 0.15) is 25.5 Å². The largest absolute Gasteiger partial charge is 0.508 e. The zero-order valence-electron chi connectivity index (χ0n) is 13.8. The number of hydrogen-bond acceptors (Lipinski definition) is 6. The SMILES string of the molecule is CCN(CC)c1ncnc2c1ncn2CC(O)c1ccc(O)cc1. The highest BCUT2D eigenvalue weighted by Gasteiger charge is 2.16. The summed E-state index contributed by atoms with van der Waals surface area (Å²) in [6, 6.07) is 6.53. The standard InChI is InChI=1S/C17H21N5O2/c1-3-21(4-2)16-15-17(19-10-18-16)22(11-20-15)9-14(24)12-5-7-13(23)8-6-12/h5-8,10-11,14,23-24H,3-4,9H2,1-2H3. The maximum atomic E-state index is 10.4. The Balaban J connectivity index is 1.90. The van der Waals surface area contributed by atoms with E-state index in [4.69, 9.17) is 0 Å². The van der Waals surface area contributed by atoms with Crippen LogP contribution in [0.3, 0.4) is 0 Å². The van der Waals surface area contributed by atoms with Gasteiger partial charge in [-0.25, -0.2) is 15.0 Å². The molecular formula is C17H21N5O2. The predicted molar refractivity (Wildman–Crippen MR) is 92.0 cm³/mol. The van der Waals surface area contributed by atoms with Crippen LogP contribution >= 0.6 is 0 Å². The van der Waals surface area contributed by atoms with Crippen LogP contribution in [0.4, 0.5) is 5.82 Å². The average Bonchev–Trinajstić information content (AvgIpc) is 3.00. The number of aromatic hydroxyl groups is 1. The molecule has 0 fully saturated rings. The quantitative estimate of drug-likeness (QED) is 0.721. The molecule has 0 aliphatic rings. The monoisotopic (exact) mass is 327 g/mol. The number of aliphatic hydroxyl groups is 1. The minimum atomic E-state index is -0.713. The van der Waals surface area contributed by atoms with Crippen LogP contribution < -0.4 is 4.90 Å². The van der Waals surface area contributed by atoms with Gasteiger partial charge in [0.1, 0.15) is 12.1 Å². The van der Waals surface area contributed by atoms with Crippen molar-refractivity contribution < 1.29 is 10.2 Å². The van der Waals surface area contributed by atoms with Gasteiger partial charge in [0, 0.05) is 13.1 Å².